The largest absolute Gasteiger partial charge is 0.483 e. The Morgan fingerprint density at radius 1 is 1.17 bits per heavy atom. The molecule has 0 spiro atoms. The molecule has 0 saturated heterocycles. The zero-order valence-corrected chi connectivity index (χ0v) is 18.3. The average molecular weight is 429 g/mol. The lowest BCUT2D eigenvalue weighted by atomic mass is 10.1. The molecule has 1 N–H and O–H groups in total. The fourth-order valence-electron chi connectivity index (χ4n) is 3.12. The second-order valence-corrected chi connectivity index (χ2v) is 7.95. The Bertz CT molecular complexity index is 1000. The van der Waals surface area contributed by atoms with Crippen molar-refractivity contribution in [3.05, 3.63) is 65.2 Å². The highest BCUT2D eigenvalue weighted by molar-refractivity contribution is 7.99. The number of hydrogen-bond acceptors (Lipinski definition) is 5. The summed E-state index contributed by atoms with van der Waals surface area (Å²) in [6.07, 6.45) is -0.291. The number of thioether (sulfide) groups is 1. The molecule has 0 aliphatic carbocycles. The third-order valence-electron chi connectivity index (χ3n) is 4.39. The number of nitrogens with one attached hydrogen (secondary N) is 1. The molecule has 0 radical (unpaired) electrons. The number of rotatable bonds is 8. The van der Waals surface area contributed by atoms with E-state index in [4.69, 9.17) is 4.74 Å². The minimum absolute atomic E-state index is 0.168. The van der Waals surface area contributed by atoms with Gasteiger partial charge in [-0.3, -0.25) is 4.79 Å². The van der Waals surface area contributed by atoms with E-state index < -0.39 is 0 Å². The molecule has 0 aliphatic heterocycles. The number of carbonyl (C=O) groups excluding carboxylic acids is 1. The average Bonchev–Trinajstić information content (AvgIpc) is 3.10. The summed E-state index contributed by atoms with van der Waals surface area (Å²) in [7, 11) is 0. The van der Waals surface area contributed by atoms with E-state index in [1.54, 1.807) is 0 Å². The van der Waals surface area contributed by atoms with E-state index in [9.17, 15) is 9.18 Å². The van der Waals surface area contributed by atoms with Crippen molar-refractivity contribution in [2.24, 2.45) is 0 Å². The predicted molar refractivity (Wildman–Crippen MR) is 116 cm³/mol. The van der Waals surface area contributed by atoms with E-state index in [1.807, 2.05) is 44.4 Å². The number of anilines is 1. The number of nitrogens with zero attached hydrogens (tertiary/aromatic N) is 3. The summed E-state index contributed by atoms with van der Waals surface area (Å²) in [5, 5.41) is 11.9. The zero-order chi connectivity index (χ0) is 21.7. The molecular formula is C22H25FN4O2S. The van der Waals surface area contributed by atoms with E-state index in [-0.39, 0.29) is 23.6 Å². The molecule has 6 nitrogen and oxygen atoms in total. The van der Waals surface area contributed by atoms with Gasteiger partial charge in [0.1, 0.15) is 11.6 Å². The van der Waals surface area contributed by atoms with E-state index in [1.165, 1.54) is 36.0 Å². The molecule has 0 fully saturated rings. The second kappa shape index (κ2) is 9.75. The Morgan fingerprint density at radius 2 is 1.83 bits per heavy atom. The first-order chi connectivity index (χ1) is 14.4. The van der Waals surface area contributed by atoms with Gasteiger partial charge in [-0.1, -0.05) is 17.8 Å². The first kappa shape index (κ1) is 21.8. The summed E-state index contributed by atoms with van der Waals surface area (Å²) in [5.74, 6) is 1.13. The van der Waals surface area contributed by atoms with Crippen molar-refractivity contribution in [1.82, 2.24) is 14.8 Å². The van der Waals surface area contributed by atoms with E-state index in [0.717, 1.165) is 16.9 Å². The van der Waals surface area contributed by atoms with Gasteiger partial charge < -0.3 is 14.6 Å². The number of aryl methyl sites for hydroxylation is 2. The zero-order valence-electron chi connectivity index (χ0n) is 17.5. The Labute approximate surface area is 179 Å². The highest BCUT2D eigenvalue weighted by atomic mass is 32.2. The molecule has 0 saturated carbocycles. The van der Waals surface area contributed by atoms with Gasteiger partial charge in [-0.2, -0.15) is 0 Å². The molecule has 1 amide bonds. The van der Waals surface area contributed by atoms with Crippen molar-refractivity contribution in [3.8, 4) is 5.75 Å². The van der Waals surface area contributed by atoms with Crippen LogP contribution in [0, 0.1) is 19.7 Å². The summed E-state index contributed by atoms with van der Waals surface area (Å²) < 4.78 is 21.0. The Hall–Kier alpha value is -2.87. The van der Waals surface area contributed by atoms with Gasteiger partial charge in [-0.05, 0) is 75.2 Å². The lowest BCUT2D eigenvalue weighted by molar-refractivity contribution is -0.113. The number of ether oxygens (including phenoxy) is 1. The number of hydrogen-bond donors (Lipinski definition) is 1. The summed E-state index contributed by atoms with van der Waals surface area (Å²) in [5.41, 5.74) is 2.82. The van der Waals surface area contributed by atoms with Crippen LogP contribution >= 0.6 is 11.8 Å². The fourth-order valence-corrected chi connectivity index (χ4v) is 3.93. The molecule has 158 valence electrons. The molecule has 3 aromatic rings. The monoisotopic (exact) mass is 428 g/mol. The number of benzene rings is 2. The third kappa shape index (κ3) is 5.60. The van der Waals surface area contributed by atoms with Crippen LogP contribution in [0.25, 0.3) is 0 Å². The van der Waals surface area contributed by atoms with Gasteiger partial charge in [0, 0.05) is 12.2 Å². The molecule has 30 heavy (non-hydrogen) atoms. The maximum atomic E-state index is 13.0. The highest BCUT2D eigenvalue weighted by Crippen LogP contribution is 2.26. The molecular weight excluding hydrogens is 403 g/mol. The van der Waals surface area contributed by atoms with Gasteiger partial charge in [0.2, 0.25) is 5.91 Å². The van der Waals surface area contributed by atoms with Crippen molar-refractivity contribution in [2.45, 2.75) is 45.5 Å². The van der Waals surface area contributed by atoms with Crippen LogP contribution in [0.3, 0.4) is 0 Å². The standard InChI is InChI=1S/C22H25FN4O2S/c1-5-27-21(16(4)29-19-11-14(2)10-15(3)12-19)25-26-22(27)30-13-20(28)24-18-8-6-17(23)7-9-18/h6-12,16H,5,13H2,1-4H3,(H,24,28). The molecule has 1 atom stereocenters. The van der Waals surface area contributed by atoms with Crippen LogP contribution in [0.1, 0.15) is 36.9 Å². The lowest BCUT2D eigenvalue weighted by Gasteiger charge is -2.16. The van der Waals surface area contributed by atoms with Crippen LogP contribution in [0.15, 0.2) is 47.6 Å². The van der Waals surface area contributed by atoms with Crippen molar-refractivity contribution < 1.29 is 13.9 Å². The topological polar surface area (TPSA) is 69.0 Å². The summed E-state index contributed by atoms with van der Waals surface area (Å²) in [6, 6.07) is 11.7. The smallest absolute Gasteiger partial charge is 0.234 e. The Balaban J connectivity index is 1.64. The molecule has 0 aliphatic rings. The van der Waals surface area contributed by atoms with Gasteiger partial charge >= 0.3 is 0 Å². The van der Waals surface area contributed by atoms with Crippen LogP contribution in [-0.4, -0.2) is 26.4 Å². The quantitative estimate of drug-likeness (QED) is 0.516. The van der Waals surface area contributed by atoms with Crippen molar-refractivity contribution in [1.29, 1.82) is 0 Å². The van der Waals surface area contributed by atoms with Crippen LogP contribution in [0.5, 0.6) is 5.75 Å². The van der Waals surface area contributed by atoms with Crippen LogP contribution in [0.2, 0.25) is 0 Å². The van der Waals surface area contributed by atoms with Crippen molar-refractivity contribution in [2.75, 3.05) is 11.1 Å². The molecule has 2 aromatic carbocycles. The first-order valence-electron chi connectivity index (χ1n) is 9.72. The van der Waals surface area contributed by atoms with Crippen LogP contribution in [0.4, 0.5) is 10.1 Å². The van der Waals surface area contributed by atoms with E-state index in [2.05, 4.69) is 21.6 Å². The maximum absolute atomic E-state index is 13.0. The van der Waals surface area contributed by atoms with Crippen molar-refractivity contribution >= 4 is 23.4 Å². The Morgan fingerprint density at radius 3 is 2.47 bits per heavy atom. The maximum Gasteiger partial charge on any atom is 0.234 e. The van der Waals surface area contributed by atoms with Gasteiger partial charge in [0.05, 0.1) is 5.75 Å². The summed E-state index contributed by atoms with van der Waals surface area (Å²) in [4.78, 5) is 12.2. The first-order valence-corrected chi connectivity index (χ1v) is 10.7. The normalized spacial score (nSPS) is 11.9. The van der Waals surface area contributed by atoms with Gasteiger partial charge in [0.25, 0.3) is 0 Å². The van der Waals surface area contributed by atoms with E-state index >= 15 is 0 Å². The lowest BCUT2D eigenvalue weighted by Crippen LogP contribution is -2.15. The number of halogens is 1. The van der Waals surface area contributed by atoms with Crippen LogP contribution in [-0.2, 0) is 11.3 Å². The van der Waals surface area contributed by atoms with Crippen LogP contribution < -0.4 is 10.1 Å². The minimum atomic E-state index is -0.344. The highest BCUT2D eigenvalue weighted by Gasteiger charge is 2.19. The molecule has 1 aromatic heterocycles. The second-order valence-electron chi connectivity index (χ2n) is 7.01. The summed E-state index contributed by atoms with van der Waals surface area (Å²) >= 11 is 1.30. The van der Waals surface area contributed by atoms with E-state index in [0.29, 0.717) is 23.2 Å². The minimum Gasteiger partial charge on any atom is -0.483 e. The predicted octanol–water partition coefficient (Wildman–Crippen LogP) is 4.92. The fraction of sp³-hybridized carbons (Fsp3) is 0.318. The third-order valence-corrected chi connectivity index (χ3v) is 5.36. The van der Waals surface area contributed by atoms with Gasteiger partial charge in [-0.15, -0.1) is 10.2 Å². The molecule has 1 heterocycles. The number of amides is 1. The van der Waals surface area contributed by atoms with Crippen molar-refractivity contribution in [3.63, 3.8) is 0 Å². The molecule has 8 heteroatoms. The molecule has 0 bridgehead atoms. The van der Waals surface area contributed by atoms with Gasteiger partial charge in [0.15, 0.2) is 17.1 Å². The summed E-state index contributed by atoms with van der Waals surface area (Å²) in [6.45, 7) is 8.66. The number of aromatic nitrogens is 3. The molecule has 1 unspecified atom stereocenters. The SMILES string of the molecule is CCn1c(SCC(=O)Nc2ccc(F)cc2)nnc1C(C)Oc1cc(C)cc(C)c1. The Kier molecular flexibility index (Phi) is 7.10. The number of carbonyl (C=O) groups is 1. The molecule has 3 rings (SSSR count). The van der Waals surface area contributed by atoms with Gasteiger partial charge in [-0.25, -0.2) is 4.39 Å².